The Morgan fingerprint density at radius 1 is 1.06 bits per heavy atom. The lowest BCUT2D eigenvalue weighted by Crippen LogP contribution is -2.30. The van der Waals surface area contributed by atoms with Crippen LogP contribution in [0.4, 0.5) is 10.1 Å². The van der Waals surface area contributed by atoms with Gasteiger partial charge in [0.1, 0.15) is 5.82 Å². The minimum Gasteiger partial charge on any atom is -0.398 e. The van der Waals surface area contributed by atoms with Crippen molar-refractivity contribution in [3.05, 3.63) is 93.4 Å². The largest absolute Gasteiger partial charge is 0.398 e. The van der Waals surface area contributed by atoms with E-state index in [1.165, 1.54) is 38.1 Å². The minimum atomic E-state index is -3.36. The lowest BCUT2D eigenvalue weighted by Gasteiger charge is -2.21. The Hall–Kier alpha value is -2.71. The van der Waals surface area contributed by atoms with Gasteiger partial charge in [-0.2, -0.15) is 0 Å². The summed E-state index contributed by atoms with van der Waals surface area (Å²) < 4.78 is 38.7. The number of rotatable bonds is 6. The molecule has 0 aliphatic heterocycles. The molecule has 0 aromatic heterocycles. The molecule has 9 heteroatoms. The van der Waals surface area contributed by atoms with E-state index in [-0.39, 0.29) is 31.9 Å². The number of sulfone groups is 1. The predicted molar refractivity (Wildman–Crippen MR) is 141 cm³/mol. The second kappa shape index (κ2) is 10.1. The van der Waals surface area contributed by atoms with Gasteiger partial charge in [0.25, 0.3) is 0 Å². The Morgan fingerprint density at radius 3 is 2.26 bits per heavy atom. The summed E-state index contributed by atoms with van der Waals surface area (Å²) in [6.45, 7) is 4.71. The van der Waals surface area contributed by atoms with Crippen molar-refractivity contribution >= 4 is 44.4 Å². The van der Waals surface area contributed by atoms with E-state index in [0.717, 1.165) is 11.8 Å². The molecular weight excluding hydrogens is 510 g/mol. The molecule has 0 fully saturated rings. The van der Waals surface area contributed by atoms with Crippen LogP contribution in [0, 0.1) is 12.7 Å². The zero-order valence-corrected chi connectivity index (χ0v) is 21.9. The van der Waals surface area contributed by atoms with Gasteiger partial charge in [-0.1, -0.05) is 47.5 Å². The Balaban J connectivity index is 2.20. The van der Waals surface area contributed by atoms with Gasteiger partial charge >= 0.3 is 0 Å². The fourth-order valence-electron chi connectivity index (χ4n) is 3.32. The predicted octanol–water partition coefficient (Wildman–Crippen LogP) is 6.16. The van der Waals surface area contributed by atoms with Crippen LogP contribution in [0.5, 0.6) is 0 Å². The first kappa shape index (κ1) is 26.9. The van der Waals surface area contributed by atoms with Gasteiger partial charge in [-0.15, -0.1) is 0 Å². The van der Waals surface area contributed by atoms with E-state index in [1.807, 2.05) is 6.07 Å². The summed E-state index contributed by atoms with van der Waals surface area (Å²) in [5.74, 6) is -0.648. The zero-order chi connectivity index (χ0) is 26.1. The number of hydrogen-bond donors (Lipinski definition) is 2. The smallest absolute Gasteiger partial charge is 0.175 e. The van der Waals surface area contributed by atoms with Gasteiger partial charge in [-0.05, 0) is 73.9 Å². The SMILES string of the molecule is Cc1cc(-c2cccc(S(C)(=O)=O)c2)ccc1N=C(/C(Cl)=C(\N)C(C)(C)O)c1c(F)cccc1Cl. The lowest BCUT2D eigenvalue weighted by atomic mass is 10.00. The topological polar surface area (TPSA) is 92.8 Å². The number of hydrogen-bond acceptors (Lipinski definition) is 5. The zero-order valence-electron chi connectivity index (χ0n) is 19.6. The molecule has 0 saturated carbocycles. The standard InChI is InChI=1S/C26H25Cl2FN2O3S/c1-15-13-17(16-7-5-8-18(14-16)35(4,33)34)11-12-21(15)31-24(23(28)25(30)26(2,3)32)22-19(27)9-6-10-20(22)29/h5-14,32H,30H2,1-4H3/b25-23+,31-24?. The van der Waals surface area contributed by atoms with Gasteiger partial charge in [-0.3, -0.25) is 0 Å². The van der Waals surface area contributed by atoms with Crippen LogP contribution in [0.15, 0.2) is 81.3 Å². The normalized spacial score (nSPS) is 13.5. The highest BCUT2D eigenvalue weighted by molar-refractivity contribution is 7.90. The molecule has 0 unspecified atom stereocenters. The van der Waals surface area contributed by atoms with Crippen LogP contribution in [0.25, 0.3) is 11.1 Å². The number of allylic oxidation sites excluding steroid dienone is 1. The van der Waals surface area contributed by atoms with Gasteiger partial charge in [-0.25, -0.2) is 17.8 Å². The molecular formula is C26H25Cl2FN2O3S. The Morgan fingerprint density at radius 2 is 1.69 bits per heavy atom. The number of halogens is 3. The lowest BCUT2D eigenvalue weighted by molar-refractivity contribution is 0.118. The van der Waals surface area contributed by atoms with Crippen LogP contribution < -0.4 is 5.73 Å². The molecule has 5 nitrogen and oxygen atoms in total. The number of benzene rings is 3. The molecule has 0 spiro atoms. The van der Waals surface area contributed by atoms with Crippen molar-refractivity contribution in [2.75, 3.05) is 6.26 Å². The van der Waals surface area contributed by atoms with Crippen molar-refractivity contribution in [3.63, 3.8) is 0 Å². The van der Waals surface area contributed by atoms with Gasteiger partial charge in [0.2, 0.25) is 0 Å². The first-order chi connectivity index (χ1) is 16.2. The van der Waals surface area contributed by atoms with Crippen LogP contribution in [0.3, 0.4) is 0 Å². The fraction of sp³-hybridized carbons (Fsp3) is 0.192. The van der Waals surface area contributed by atoms with Gasteiger partial charge < -0.3 is 10.8 Å². The van der Waals surface area contributed by atoms with Crippen molar-refractivity contribution in [1.29, 1.82) is 0 Å². The molecule has 3 aromatic carbocycles. The highest BCUT2D eigenvalue weighted by atomic mass is 35.5. The number of aryl methyl sites for hydroxylation is 1. The third kappa shape index (κ3) is 6.11. The van der Waals surface area contributed by atoms with Crippen LogP contribution in [-0.4, -0.2) is 31.1 Å². The highest BCUT2D eigenvalue weighted by Gasteiger charge is 2.26. The molecule has 0 aliphatic carbocycles. The molecule has 3 N–H and O–H groups in total. The first-order valence-electron chi connectivity index (χ1n) is 10.5. The number of aliphatic imine (C=N–C) groups is 1. The Labute approximate surface area is 214 Å². The average molecular weight is 535 g/mol. The van der Waals surface area contributed by atoms with E-state index in [9.17, 15) is 17.9 Å². The van der Waals surface area contributed by atoms with Crippen molar-refractivity contribution in [2.24, 2.45) is 10.7 Å². The summed E-state index contributed by atoms with van der Waals surface area (Å²) >= 11 is 12.8. The molecule has 0 bridgehead atoms. The Kier molecular flexibility index (Phi) is 7.77. The minimum absolute atomic E-state index is 0.0238. The summed E-state index contributed by atoms with van der Waals surface area (Å²) in [5, 5.41) is 10.3. The maximum absolute atomic E-state index is 14.8. The fourth-order valence-corrected chi connectivity index (χ4v) is 4.61. The summed E-state index contributed by atoms with van der Waals surface area (Å²) in [7, 11) is -3.36. The van der Waals surface area contributed by atoms with Crippen LogP contribution >= 0.6 is 23.2 Å². The van der Waals surface area contributed by atoms with E-state index >= 15 is 0 Å². The van der Waals surface area contributed by atoms with Crippen LogP contribution in [0.1, 0.15) is 25.0 Å². The number of aliphatic hydroxyl groups is 1. The molecule has 35 heavy (non-hydrogen) atoms. The third-order valence-corrected chi connectivity index (χ3v) is 7.14. The molecule has 3 rings (SSSR count). The summed E-state index contributed by atoms with van der Waals surface area (Å²) in [6.07, 6.45) is 1.15. The van der Waals surface area contributed by atoms with E-state index < -0.39 is 21.3 Å². The third-order valence-electron chi connectivity index (χ3n) is 5.33. The average Bonchev–Trinajstić information content (AvgIpc) is 2.77. The second-order valence-corrected chi connectivity index (χ2v) is 11.4. The van der Waals surface area contributed by atoms with Gasteiger partial charge in [0.15, 0.2) is 9.84 Å². The van der Waals surface area contributed by atoms with Crippen molar-refractivity contribution in [2.45, 2.75) is 31.3 Å². The molecule has 0 aliphatic rings. The van der Waals surface area contributed by atoms with E-state index in [0.29, 0.717) is 16.8 Å². The molecule has 3 aromatic rings. The highest BCUT2D eigenvalue weighted by Crippen LogP contribution is 2.33. The van der Waals surface area contributed by atoms with Gasteiger partial charge in [0.05, 0.1) is 43.2 Å². The molecule has 184 valence electrons. The van der Waals surface area contributed by atoms with Crippen LogP contribution in [0.2, 0.25) is 5.02 Å². The molecule has 0 heterocycles. The number of nitrogens with two attached hydrogens (primary N) is 1. The van der Waals surface area contributed by atoms with Crippen LogP contribution in [-0.2, 0) is 9.84 Å². The maximum atomic E-state index is 14.8. The van der Waals surface area contributed by atoms with Crippen molar-refractivity contribution in [1.82, 2.24) is 0 Å². The van der Waals surface area contributed by atoms with Crippen molar-refractivity contribution < 1.29 is 17.9 Å². The molecule has 0 saturated heterocycles. The quantitative estimate of drug-likeness (QED) is 0.370. The summed E-state index contributed by atoms with van der Waals surface area (Å²) in [6, 6.07) is 16.1. The Bertz CT molecular complexity index is 1440. The number of nitrogens with zero attached hydrogens (tertiary/aromatic N) is 1. The van der Waals surface area contributed by atoms with E-state index in [4.69, 9.17) is 28.9 Å². The molecule has 0 radical (unpaired) electrons. The molecule has 0 amide bonds. The molecule has 0 atom stereocenters. The summed E-state index contributed by atoms with van der Waals surface area (Å²) in [4.78, 5) is 4.80. The maximum Gasteiger partial charge on any atom is 0.175 e. The van der Waals surface area contributed by atoms with Gasteiger partial charge in [0, 0.05) is 6.26 Å². The van der Waals surface area contributed by atoms with Crippen molar-refractivity contribution in [3.8, 4) is 11.1 Å². The van der Waals surface area contributed by atoms with E-state index in [1.54, 1.807) is 37.3 Å². The monoisotopic (exact) mass is 534 g/mol. The second-order valence-electron chi connectivity index (χ2n) is 8.65. The van der Waals surface area contributed by atoms with E-state index in [2.05, 4.69) is 4.99 Å². The first-order valence-corrected chi connectivity index (χ1v) is 13.2. The summed E-state index contributed by atoms with van der Waals surface area (Å²) in [5.41, 5.74) is 7.09.